The third-order valence-corrected chi connectivity index (χ3v) is 2.95. The minimum Gasteiger partial charge on any atom is -0.497 e. The minimum absolute atomic E-state index is 0.0354. The second-order valence-corrected chi connectivity index (χ2v) is 4.74. The van der Waals surface area contributed by atoms with Crippen LogP contribution in [0.1, 0.15) is 36.1 Å². The highest BCUT2D eigenvalue weighted by molar-refractivity contribution is 5.95. The third-order valence-electron chi connectivity index (χ3n) is 2.95. The van der Waals surface area contributed by atoms with Crippen molar-refractivity contribution in [2.24, 2.45) is 0 Å². The highest BCUT2D eigenvalue weighted by Crippen LogP contribution is 2.20. The Morgan fingerprint density at radius 3 is 2.86 bits per heavy atom. The number of rotatable bonds is 5. The maximum absolute atomic E-state index is 12.1. The van der Waals surface area contributed by atoms with Crippen LogP contribution in [0.25, 0.3) is 0 Å². The third kappa shape index (κ3) is 3.31. The summed E-state index contributed by atoms with van der Waals surface area (Å²) in [5.74, 6) is 0.603. The van der Waals surface area contributed by atoms with E-state index in [1.165, 1.54) is 13.4 Å². The molecular formula is C14H18N4O3. The molecule has 2 aromatic rings. The Kier molecular flexibility index (Phi) is 4.42. The van der Waals surface area contributed by atoms with Gasteiger partial charge in [0.25, 0.3) is 0 Å². The van der Waals surface area contributed by atoms with Crippen LogP contribution in [0.2, 0.25) is 0 Å². The first-order valence-electron chi connectivity index (χ1n) is 6.52. The quantitative estimate of drug-likeness (QED) is 0.667. The van der Waals surface area contributed by atoms with E-state index in [1.807, 2.05) is 13.8 Å². The van der Waals surface area contributed by atoms with E-state index in [-0.39, 0.29) is 18.2 Å². The molecule has 7 heteroatoms. The molecule has 0 aliphatic carbocycles. The fourth-order valence-electron chi connectivity index (χ4n) is 1.86. The fraction of sp³-hybridized carbons (Fsp3) is 0.357. The van der Waals surface area contributed by atoms with E-state index in [0.29, 0.717) is 17.3 Å². The number of aromatic nitrogens is 3. The van der Waals surface area contributed by atoms with Gasteiger partial charge in [-0.15, -0.1) is 0 Å². The van der Waals surface area contributed by atoms with Gasteiger partial charge in [0, 0.05) is 11.7 Å². The average molecular weight is 290 g/mol. The lowest BCUT2D eigenvalue weighted by Crippen LogP contribution is -2.13. The largest absolute Gasteiger partial charge is 0.497 e. The molecule has 2 rings (SSSR count). The lowest BCUT2D eigenvalue weighted by molar-refractivity contribution is 0.0456. The highest BCUT2D eigenvalue weighted by atomic mass is 16.5. The number of benzene rings is 1. The molecule has 0 amide bonds. The Hall–Kier alpha value is -2.57. The number of hydrogen-bond donors (Lipinski definition) is 1. The first-order chi connectivity index (χ1) is 10.0. The molecule has 0 bridgehead atoms. The topological polar surface area (TPSA) is 92.3 Å². The van der Waals surface area contributed by atoms with Crippen molar-refractivity contribution in [3.05, 3.63) is 35.9 Å². The Bertz CT molecular complexity index is 637. The molecule has 21 heavy (non-hydrogen) atoms. The van der Waals surface area contributed by atoms with Gasteiger partial charge in [0.1, 0.15) is 12.1 Å². The molecule has 112 valence electrons. The van der Waals surface area contributed by atoms with E-state index < -0.39 is 5.97 Å². The van der Waals surface area contributed by atoms with Crippen molar-refractivity contribution >= 4 is 11.7 Å². The summed E-state index contributed by atoms with van der Waals surface area (Å²) in [6.07, 6.45) is 1.43. The van der Waals surface area contributed by atoms with Crippen LogP contribution in [0.15, 0.2) is 24.5 Å². The second kappa shape index (κ2) is 6.25. The molecule has 0 radical (unpaired) electrons. The van der Waals surface area contributed by atoms with Crippen molar-refractivity contribution in [1.29, 1.82) is 0 Å². The average Bonchev–Trinajstić information content (AvgIpc) is 2.94. The van der Waals surface area contributed by atoms with Crippen molar-refractivity contribution in [1.82, 2.24) is 14.8 Å². The molecule has 2 N–H and O–H groups in total. The van der Waals surface area contributed by atoms with Gasteiger partial charge in [0.15, 0.2) is 12.4 Å². The maximum Gasteiger partial charge on any atom is 0.340 e. The first-order valence-corrected chi connectivity index (χ1v) is 6.52. The Morgan fingerprint density at radius 1 is 1.43 bits per heavy atom. The van der Waals surface area contributed by atoms with Gasteiger partial charge < -0.3 is 15.2 Å². The van der Waals surface area contributed by atoms with Gasteiger partial charge in [-0.2, -0.15) is 5.10 Å². The zero-order valence-electron chi connectivity index (χ0n) is 12.2. The molecule has 0 saturated heterocycles. The molecule has 0 saturated carbocycles. The molecule has 0 atom stereocenters. The van der Waals surface area contributed by atoms with Crippen molar-refractivity contribution in [3.63, 3.8) is 0 Å². The number of nitrogens with two attached hydrogens (primary N) is 1. The number of carbonyl (C=O) groups is 1. The minimum atomic E-state index is -0.523. The lowest BCUT2D eigenvalue weighted by Gasteiger charge is -2.11. The zero-order chi connectivity index (χ0) is 15.4. The summed E-state index contributed by atoms with van der Waals surface area (Å²) in [7, 11) is 1.52. The summed E-state index contributed by atoms with van der Waals surface area (Å²) < 4.78 is 12.0. The number of nitrogen functional groups attached to an aromatic ring is 1. The predicted molar refractivity (Wildman–Crippen MR) is 76.9 cm³/mol. The number of nitrogens with zero attached hydrogens (tertiary/aromatic N) is 3. The normalized spacial score (nSPS) is 10.7. The zero-order valence-corrected chi connectivity index (χ0v) is 12.2. The van der Waals surface area contributed by atoms with E-state index in [4.69, 9.17) is 15.2 Å². The van der Waals surface area contributed by atoms with Crippen molar-refractivity contribution in [2.45, 2.75) is 26.5 Å². The van der Waals surface area contributed by atoms with Crippen LogP contribution >= 0.6 is 0 Å². The standard InChI is InChI=1S/C14H18N4O3/c1-9(2)18-13(16-8-17-18)7-21-14(19)11-6-10(20-3)4-5-12(11)15/h4-6,8-9H,7,15H2,1-3H3. The molecule has 7 nitrogen and oxygen atoms in total. The number of hydrogen-bond acceptors (Lipinski definition) is 6. The molecule has 1 heterocycles. The van der Waals surface area contributed by atoms with Crippen molar-refractivity contribution in [3.8, 4) is 5.75 Å². The molecule has 0 aliphatic rings. The Balaban J connectivity index is 2.10. The first kappa shape index (κ1) is 14.8. The number of ether oxygens (including phenoxy) is 2. The molecule has 0 unspecified atom stereocenters. The predicted octanol–water partition coefficient (Wildman–Crippen LogP) is 1.81. The van der Waals surface area contributed by atoms with Gasteiger partial charge in [0.05, 0.1) is 12.7 Å². The number of esters is 1. The molecule has 1 aromatic carbocycles. The van der Waals surface area contributed by atoms with E-state index in [2.05, 4.69) is 10.1 Å². The Morgan fingerprint density at radius 2 is 2.19 bits per heavy atom. The molecular weight excluding hydrogens is 272 g/mol. The van der Waals surface area contributed by atoms with Gasteiger partial charge >= 0.3 is 5.97 Å². The van der Waals surface area contributed by atoms with E-state index in [9.17, 15) is 4.79 Å². The van der Waals surface area contributed by atoms with Gasteiger partial charge in [-0.05, 0) is 32.0 Å². The summed E-state index contributed by atoms with van der Waals surface area (Å²) >= 11 is 0. The SMILES string of the molecule is COc1ccc(N)c(C(=O)OCc2ncnn2C(C)C)c1. The van der Waals surface area contributed by atoms with Crippen LogP contribution in [-0.2, 0) is 11.3 Å². The van der Waals surface area contributed by atoms with Crippen LogP contribution < -0.4 is 10.5 Å². The summed E-state index contributed by atoms with van der Waals surface area (Å²) in [4.78, 5) is 16.2. The smallest absolute Gasteiger partial charge is 0.340 e. The van der Waals surface area contributed by atoms with E-state index >= 15 is 0 Å². The van der Waals surface area contributed by atoms with Gasteiger partial charge in [-0.3, -0.25) is 0 Å². The van der Waals surface area contributed by atoms with Crippen LogP contribution in [0.4, 0.5) is 5.69 Å². The van der Waals surface area contributed by atoms with Crippen LogP contribution in [-0.4, -0.2) is 27.8 Å². The van der Waals surface area contributed by atoms with Crippen LogP contribution in [0.3, 0.4) is 0 Å². The second-order valence-electron chi connectivity index (χ2n) is 4.74. The monoisotopic (exact) mass is 290 g/mol. The van der Waals surface area contributed by atoms with Gasteiger partial charge in [-0.25, -0.2) is 14.5 Å². The summed E-state index contributed by atoms with van der Waals surface area (Å²) in [6, 6.07) is 4.97. The van der Waals surface area contributed by atoms with Crippen LogP contribution in [0, 0.1) is 0 Å². The number of anilines is 1. The molecule has 0 fully saturated rings. The summed E-state index contributed by atoms with van der Waals surface area (Å²) in [5, 5.41) is 4.08. The lowest BCUT2D eigenvalue weighted by atomic mass is 10.2. The van der Waals surface area contributed by atoms with Gasteiger partial charge in [-0.1, -0.05) is 0 Å². The maximum atomic E-state index is 12.1. The van der Waals surface area contributed by atoms with Gasteiger partial charge in [0.2, 0.25) is 0 Å². The molecule has 0 spiro atoms. The van der Waals surface area contributed by atoms with Crippen molar-refractivity contribution in [2.75, 3.05) is 12.8 Å². The molecule has 1 aromatic heterocycles. The Labute approximate surface area is 122 Å². The number of carbonyl (C=O) groups excluding carboxylic acids is 1. The molecule has 0 aliphatic heterocycles. The van der Waals surface area contributed by atoms with E-state index in [0.717, 1.165) is 0 Å². The van der Waals surface area contributed by atoms with Crippen molar-refractivity contribution < 1.29 is 14.3 Å². The summed E-state index contributed by atoms with van der Waals surface area (Å²) in [6.45, 7) is 3.98. The number of methoxy groups -OCH3 is 1. The summed E-state index contributed by atoms with van der Waals surface area (Å²) in [5.41, 5.74) is 6.39. The van der Waals surface area contributed by atoms with Crippen LogP contribution in [0.5, 0.6) is 5.75 Å². The highest BCUT2D eigenvalue weighted by Gasteiger charge is 2.15. The van der Waals surface area contributed by atoms with E-state index in [1.54, 1.807) is 22.9 Å². The fourth-order valence-corrected chi connectivity index (χ4v) is 1.86.